The number of rotatable bonds is 4. The second-order valence-electron chi connectivity index (χ2n) is 5.36. The van der Waals surface area contributed by atoms with Crippen molar-refractivity contribution in [3.05, 3.63) is 11.8 Å². The van der Waals surface area contributed by atoms with E-state index in [1.165, 1.54) is 0 Å². The fraction of sp³-hybridized carbons (Fsp3) is 0.692. The molecule has 8 heteroatoms. The van der Waals surface area contributed by atoms with E-state index in [2.05, 4.69) is 15.3 Å². The van der Waals surface area contributed by atoms with Crippen molar-refractivity contribution >= 4 is 11.8 Å². The highest BCUT2D eigenvalue weighted by Gasteiger charge is 2.33. The van der Waals surface area contributed by atoms with Crippen LogP contribution in [0.4, 0.5) is 24.9 Å². The van der Waals surface area contributed by atoms with Crippen LogP contribution in [0, 0.1) is 11.8 Å². The molecule has 0 aromatic carbocycles. The summed E-state index contributed by atoms with van der Waals surface area (Å²) in [7, 11) is 0. The Balaban J connectivity index is 2.04. The van der Waals surface area contributed by atoms with Gasteiger partial charge in [-0.3, -0.25) is 0 Å². The summed E-state index contributed by atoms with van der Waals surface area (Å²) in [6.45, 7) is 0.574. The Morgan fingerprint density at radius 2 is 1.90 bits per heavy atom. The lowest BCUT2D eigenvalue weighted by Crippen LogP contribution is -2.29. The lowest BCUT2D eigenvalue weighted by Gasteiger charge is -2.30. The minimum Gasteiger partial charge on any atom is -0.396 e. The molecule has 0 amide bonds. The Labute approximate surface area is 120 Å². The van der Waals surface area contributed by atoms with E-state index in [1.54, 1.807) is 0 Å². The number of aromatic nitrogens is 2. The summed E-state index contributed by atoms with van der Waals surface area (Å²) in [4.78, 5) is 6.97. The molecule has 21 heavy (non-hydrogen) atoms. The summed E-state index contributed by atoms with van der Waals surface area (Å²) >= 11 is 0. The van der Waals surface area contributed by atoms with Crippen LogP contribution in [-0.2, 0) is 6.18 Å². The maximum atomic E-state index is 12.7. The van der Waals surface area contributed by atoms with Crippen LogP contribution in [0.5, 0.6) is 0 Å². The van der Waals surface area contributed by atoms with Crippen LogP contribution >= 0.6 is 0 Å². The molecule has 1 heterocycles. The van der Waals surface area contributed by atoms with Gasteiger partial charge in [0.15, 0.2) is 5.69 Å². The molecule has 0 spiro atoms. The van der Waals surface area contributed by atoms with Crippen molar-refractivity contribution in [3.8, 4) is 0 Å². The van der Waals surface area contributed by atoms with Gasteiger partial charge < -0.3 is 16.2 Å². The smallest absolute Gasteiger partial charge is 0.396 e. The molecule has 2 atom stereocenters. The number of anilines is 2. The molecule has 2 rings (SSSR count). The van der Waals surface area contributed by atoms with E-state index in [9.17, 15) is 18.3 Å². The van der Waals surface area contributed by atoms with Crippen LogP contribution in [0.15, 0.2) is 6.07 Å². The minimum atomic E-state index is -4.55. The zero-order chi connectivity index (χ0) is 15.5. The van der Waals surface area contributed by atoms with Crippen molar-refractivity contribution in [2.75, 3.05) is 24.2 Å². The van der Waals surface area contributed by atoms with Crippen molar-refractivity contribution in [2.24, 2.45) is 11.8 Å². The Morgan fingerprint density at radius 1 is 1.24 bits per heavy atom. The maximum absolute atomic E-state index is 12.7. The van der Waals surface area contributed by atoms with Gasteiger partial charge in [-0.05, 0) is 24.7 Å². The molecule has 5 nitrogen and oxygen atoms in total. The number of nitrogens with two attached hydrogens (primary N) is 1. The average Bonchev–Trinajstić information content (AvgIpc) is 2.44. The standard InChI is InChI=1S/C13H19F3N4O/c14-13(15,16)10-5-11(20-12(17)19-10)18-6-8-3-1-2-4-9(8)7-21/h5,8-9,21H,1-4,6-7H2,(H3,17,18,19,20). The fourth-order valence-corrected chi connectivity index (χ4v) is 2.73. The van der Waals surface area contributed by atoms with Crippen LogP contribution < -0.4 is 11.1 Å². The quantitative estimate of drug-likeness (QED) is 0.795. The van der Waals surface area contributed by atoms with Crippen molar-refractivity contribution in [3.63, 3.8) is 0 Å². The highest BCUT2D eigenvalue weighted by molar-refractivity contribution is 5.41. The molecule has 4 N–H and O–H groups in total. The van der Waals surface area contributed by atoms with Gasteiger partial charge in [-0.15, -0.1) is 0 Å². The number of hydrogen-bond acceptors (Lipinski definition) is 5. The summed E-state index contributed by atoms with van der Waals surface area (Å²) in [5.74, 6) is 0.0774. The highest BCUT2D eigenvalue weighted by atomic mass is 19.4. The van der Waals surface area contributed by atoms with Gasteiger partial charge in [0.1, 0.15) is 5.82 Å². The molecule has 2 unspecified atom stereocenters. The number of nitrogen functional groups attached to an aromatic ring is 1. The third kappa shape index (κ3) is 4.20. The zero-order valence-electron chi connectivity index (χ0n) is 11.5. The number of aliphatic hydroxyl groups is 1. The van der Waals surface area contributed by atoms with Gasteiger partial charge in [0.2, 0.25) is 5.95 Å². The van der Waals surface area contributed by atoms with E-state index in [0.717, 1.165) is 31.7 Å². The largest absolute Gasteiger partial charge is 0.433 e. The van der Waals surface area contributed by atoms with Crippen LogP contribution in [0.1, 0.15) is 31.4 Å². The SMILES string of the molecule is Nc1nc(NCC2CCCCC2CO)cc(C(F)(F)F)n1. The van der Waals surface area contributed by atoms with Crippen molar-refractivity contribution in [1.82, 2.24) is 9.97 Å². The number of nitrogens with one attached hydrogen (secondary N) is 1. The third-order valence-electron chi connectivity index (χ3n) is 3.88. The first-order valence-corrected chi connectivity index (χ1v) is 6.96. The minimum absolute atomic E-state index is 0.0667. The van der Waals surface area contributed by atoms with E-state index in [0.29, 0.717) is 6.54 Å². The van der Waals surface area contributed by atoms with Gasteiger partial charge in [-0.2, -0.15) is 18.2 Å². The first kappa shape index (κ1) is 15.8. The van der Waals surface area contributed by atoms with Gasteiger partial charge in [-0.25, -0.2) is 4.98 Å². The highest BCUT2D eigenvalue weighted by Crippen LogP contribution is 2.31. The van der Waals surface area contributed by atoms with Gasteiger partial charge in [0.25, 0.3) is 0 Å². The van der Waals surface area contributed by atoms with Crippen molar-refractivity contribution < 1.29 is 18.3 Å². The molecular weight excluding hydrogens is 285 g/mol. The number of alkyl halides is 3. The molecule has 118 valence electrons. The first-order valence-electron chi connectivity index (χ1n) is 6.96. The molecule has 1 aliphatic carbocycles. The molecule has 1 aromatic rings. The van der Waals surface area contributed by atoms with Crippen LogP contribution in [0.25, 0.3) is 0 Å². The number of hydrogen-bond donors (Lipinski definition) is 3. The molecule has 1 saturated carbocycles. The second-order valence-corrected chi connectivity index (χ2v) is 5.36. The van der Waals surface area contributed by atoms with E-state index >= 15 is 0 Å². The van der Waals surface area contributed by atoms with E-state index in [-0.39, 0.29) is 24.3 Å². The van der Waals surface area contributed by atoms with Gasteiger partial charge in [0.05, 0.1) is 0 Å². The molecule has 0 aliphatic heterocycles. The lowest BCUT2D eigenvalue weighted by molar-refractivity contribution is -0.141. The molecule has 0 bridgehead atoms. The maximum Gasteiger partial charge on any atom is 0.433 e. The fourth-order valence-electron chi connectivity index (χ4n) is 2.73. The van der Waals surface area contributed by atoms with E-state index in [1.807, 2.05) is 0 Å². The lowest BCUT2D eigenvalue weighted by atomic mass is 9.79. The monoisotopic (exact) mass is 304 g/mol. The predicted octanol–water partition coefficient (Wildman–Crippen LogP) is 2.29. The summed E-state index contributed by atoms with van der Waals surface area (Å²) in [6.07, 6.45) is -0.498. The summed E-state index contributed by atoms with van der Waals surface area (Å²) in [6, 6.07) is 0.854. The van der Waals surface area contributed by atoms with Gasteiger partial charge >= 0.3 is 6.18 Å². The number of aliphatic hydroxyl groups excluding tert-OH is 1. The van der Waals surface area contributed by atoms with E-state index in [4.69, 9.17) is 5.73 Å². The van der Waals surface area contributed by atoms with Crippen molar-refractivity contribution in [1.29, 1.82) is 0 Å². The first-order chi connectivity index (χ1) is 9.90. The Kier molecular flexibility index (Phi) is 4.87. The Hall–Kier alpha value is -1.57. The summed E-state index contributed by atoms with van der Waals surface area (Å²) in [5, 5.41) is 12.2. The molecule has 1 fully saturated rings. The zero-order valence-corrected chi connectivity index (χ0v) is 11.5. The second kappa shape index (κ2) is 6.46. The molecule has 0 saturated heterocycles. The Bertz CT molecular complexity index is 481. The normalized spacial score (nSPS) is 23.0. The summed E-state index contributed by atoms with van der Waals surface area (Å²) in [5.41, 5.74) is 4.26. The topological polar surface area (TPSA) is 84.1 Å². The molecule has 1 aromatic heterocycles. The molecule has 0 radical (unpaired) electrons. The average molecular weight is 304 g/mol. The Morgan fingerprint density at radius 3 is 2.52 bits per heavy atom. The number of halogens is 3. The third-order valence-corrected chi connectivity index (χ3v) is 3.88. The predicted molar refractivity (Wildman–Crippen MR) is 72.5 cm³/mol. The molecular formula is C13H19F3N4O. The van der Waals surface area contributed by atoms with Crippen LogP contribution in [-0.4, -0.2) is 28.2 Å². The van der Waals surface area contributed by atoms with Gasteiger partial charge in [0, 0.05) is 19.2 Å². The molecule has 1 aliphatic rings. The summed E-state index contributed by atoms with van der Waals surface area (Å²) < 4.78 is 38.0. The van der Waals surface area contributed by atoms with E-state index < -0.39 is 17.8 Å². The van der Waals surface area contributed by atoms with Crippen LogP contribution in [0.3, 0.4) is 0 Å². The number of nitrogens with zero attached hydrogens (tertiary/aromatic N) is 2. The van der Waals surface area contributed by atoms with Gasteiger partial charge in [-0.1, -0.05) is 12.8 Å². The van der Waals surface area contributed by atoms with Crippen LogP contribution in [0.2, 0.25) is 0 Å². The van der Waals surface area contributed by atoms with Crippen molar-refractivity contribution in [2.45, 2.75) is 31.9 Å².